The Bertz CT molecular complexity index is 326. The summed E-state index contributed by atoms with van der Waals surface area (Å²) in [7, 11) is 0. The first-order valence-electron chi connectivity index (χ1n) is 6.65. The Balaban J connectivity index is 5.11. The zero-order valence-corrected chi connectivity index (χ0v) is 12.6. The average molecular weight is 270 g/mol. The van der Waals surface area contributed by atoms with Gasteiger partial charge in [0.25, 0.3) is 0 Å². The van der Waals surface area contributed by atoms with E-state index in [-0.39, 0.29) is 12.3 Å². The lowest BCUT2D eigenvalue weighted by Gasteiger charge is -2.27. The molecule has 0 spiro atoms. The van der Waals surface area contributed by atoms with E-state index < -0.39 is 29.4 Å². The van der Waals surface area contributed by atoms with Crippen LogP contribution in [0.4, 0.5) is 0 Å². The van der Waals surface area contributed by atoms with Gasteiger partial charge in [0, 0.05) is 0 Å². The van der Waals surface area contributed by atoms with Gasteiger partial charge in [-0.3, -0.25) is 9.59 Å². The fraction of sp³-hybridized carbons (Fsp3) is 0.733. The summed E-state index contributed by atoms with van der Waals surface area (Å²) >= 11 is 0. The highest BCUT2D eigenvalue weighted by Crippen LogP contribution is 2.27. The number of carbonyl (C=O) groups excluding carboxylic acids is 1. The van der Waals surface area contributed by atoms with Crippen LogP contribution in [0.2, 0.25) is 0 Å². The second kappa shape index (κ2) is 7.31. The van der Waals surface area contributed by atoms with Gasteiger partial charge in [-0.25, -0.2) is 0 Å². The van der Waals surface area contributed by atoms with E-state index in [0.29, 0.717) is 6.42 Å². The second-order valence-electron chi connectivity index (χ2n) is 6.24. The summed E-state index contributed by atoms with van der Waals surface area (Å²) in [6.07, 6.45) is 2.31. The van der Waals surface area contributed by atoms with E-state index in [0.717, 1.165) is 0 Å². The number of ether oxygens (including phenoxy) is 1. The fourth-order valence-corrected chi connectivity index (χ4v) is 1.93. The van der Waals surface area contributed by atoms with Gasteiger partial charge in [0.15, 0.2) is 0 Å². The van der Waals surface area contributed by atoms with Gasteiger partial charge in [0.1, 0.15) is 5.60 Å². The van der Waals surface area contributed by atoms with Crippen molar-refractivity contribution in [3.63, 3.8) is 0 Å². The third-order valence-corrected chi connectivity index (χ3v) is 2.66. The number of aliphatic carboxylic acids is 1. The predicted molar refractivity (Wildman–Crippen MR) is 74.7 cm³/mol. The largest absolute Gasteiger partial charge is 0.481 e. The summed E-state index contributed by atoms with van der Waals surface area (Å²) in [4.78, 5) is 23.5. The zero-order chi connectivity index (χ0) is 15.2. The van der Waals surface area contributed by atoms with Gasteiger partial charge < -0.3 is 9.84 Å². The van der Waals surface area contributed by atoms with E-state index in [1.165, 1.54) is 6.08 Å². The SMILES string of the molecule is C=CC[C@H](C(=O)O)[C@@H](CC(C)C)C(=O)OC(C)(C)C. The van der Waals surface area contributed by atoms with Crippen molar-refractivity contribution < 1.29 is 19.4 Å². The summed E-state index contributed by atoms with van der Waals surface area (Å²) in [5.74, 6) is -2.58. The van der Waals surface area contributed by atoms with Crippen molar-refractivity contribution in [3.8, 4) is 0 Å². The van der Waals surface area contributed by atoms with E-state index in [1.54, 1.807) is 20.8 Å². The van der Waals surface area contributed by atoms with Gasteiger partial charge in [-0.1, -0.05) is 19.9 Å². The summed E-state index contributed by atoms with van der Waals surface area (Å²) in [6, 6.07) is 0. The van der Waals surface area contributed by atoms with E-state index in [2.05, 4.69) is 6.58 Å². The van der Waals surface area contributed by atoms with Crippen molar-refractivity contribution in [2.24, 2.45) is 17.8 Å². The number of hydrogen-bond donors (Lipinski definition) is 1. The smallest absolute Gasteiger partial charge is 0.310 e. The van der Waals surface area contributed by atoms with Crippen LogP contribution in [0.1, 0.15) is 47.5 Å². The number of hydrogen-bond acceptors (Lipinski definition) is 3. The van der Waals surface area contributed by atoms with Crippen LogP contribution in [0.3, 0.4) is 0 Å². The second-order valence-corrected chi connectivity index (χ2v) is 6.24. The number of carboxylic acid groups (broad SMARTS) is 1. The summed E-state index contributed by atoms with van der Waals surface area (Å²) in [6.45, 7) is 12.8. The van der Waals surface area contributed by atoms with Crippen molar-refractivity contribution >= 4 is 11.9 Å². The Labute approximate surface area is 115 Å². The monoisotopic (exact) mass is 270 g/mol. The first-order chi connectivity index (χ1) is 8.58. The summed E-state index contributed by atoms with van der Waals surface area (Å²) in [5.41, 5.74) is -0.608. The van der Waals surface area contributed by atoms with Gasteiger partial charge >= 0.3 is 11.9 Å². The maximum atomic E-state index is 12.2. The van der Waals surface area contributed by atoms with E-state index in [9.17, 15) is 14.7 Å². The summed E-state index contributed by atoms with van der Waals surface area (Å²) < 4.78 is 5.34. The molecule has 0 fully saturated rings. The molecule has 0 rings (SSSR count). The maximum absolute atomic E-state index is 12.2. The standard InChI is InChI=1S/C15H26O4/c1-7-8-11(13(16)17)12(9-10(2)3)14(18)19-15(4,5)6/h7,10-12H,1,8-9H2,2-6H3,(H,16,17)/t11-,12+/m0/s1. The lowest BCUT2D eigenvalue weighted by molar-refractivity contribution is -0.167. The van der Waals surface area contributed by atoms with Crippen LogP contribution >= 0.6 is 0 Å². The van der Waals surface area contributed by atoms with Crippen LogP contribution in [0.25, 0.3) is 0 Å². The molecule has 0 aliphatic rings. The Morgan fingerprint density at radius 2 is 1.79 bits per heavy atom. The highest BCUT2D eigenvalue weighted by molar-refractivity contribution is 5.81. The molecule has 0 saturated carbocycles. The lowest BCUT2D eigenvalue weighted by Crippen LogP contribution is -2.36. The van der Waals surface area contributed by atoms with Crippen molar-refractivity contribution in [2.75, 3.05) is 0 Å². The molecule has 2 atom stereocenters. The molecule has 0 aliphatic heterocycles. The number of allylic oxidation sites excluding steroid dienone is 1. The Morgan fingerprint density at radius 1 is 1.26 bits per heavy atom. The molecule has 0 bridgehead atoms. The normalized spacial score (nSPS) is 14.8. The Kier molecular flexibility index (Phi) is 6.81. The molecule has 0 amide bonds. The van der Waals surface area contributed by atoms with Gasteiger partial charge in [-0.2, -0.15) is 0 Å². The van der Waals surface area contributed by atoms with Crippen LogP contribution in [0.5, 0.6) is 0 Å². The quantitative estimate of drug-likeness (QED) is 0.569. The molecular weight excluding hydrogens is 244 g/mol. The molecule has 110 valence electrons. The van der Waals surface area contributed by atoms with Gasteiger partial charge in [0.2, 0.25) is 0 Å². The van der Waals surface area contributed by atoms with Gasteiger partial charge in [0.05, 0.1) is 11.8 Å². The van der Waals surface area contributed by atoms with Crippen LogP contribution in [0.15, 0.2) is 12.7 Å². The number of esters is 1. The number of carboxylic acids is 1. The minimum Gasteiger partial charge on any atom is -0.481 e. The summed E-state index contributed by atoms with van der Waals surface area (Å²) in [5, 5.41) is 9.28. The van der Waals surface area contributed by atoms with Crippen molar-refractivity contribution in [1.82, 2.24) is 0 Å². The molecule has 0 radical (unpaired) electrons. The van der Waals surface area contributed by atoms with Crippen LogP contribution in [-0.4, -0.2) is 22.6 Å². The molecule has 4 heteroatoms. The minimum absolute atomic E-state index is 0.226. The zero-order valence-electron chi connectivity index (χ0n) is 12.6. The predicted octanol–water partition coefficient (Wildman–Crippen LogP) is 3.27. The lowest BCUT2D eigenvalue weighted by atomic mass is 9.83. The molecule has 0 aromatic heterocycles. The van der Waals surface area contributed by atoms with E-state index in [1.807, 2.05) is 13.8 Å². The maximum Gasteiger partial charge on any atom is 0.310 e. The van der Waals surface area contributed by atoms with Crippen LogP contribution < -0.4 is 0 Å². The fourth-order valence-electron chi connectivity index (χ4n) is 1.93. The van der Waals surface area contributed by atoms with E-state index >= 15 is 0 Å². The molecule has 4 nitrogen and oxygen atoms in total. The minimum atomic E-state index is -0.976. The molecule has 0 aromatic rings. The van der Waals surface area contributed by atoms with Gasteiger partial charge in [-0.05, 0) is 39.5 Å². The Hall–Kier alpha value is -1.32. The molecular formula is C15H26O4. The first kappa shape index (κ1) is 17.7. The number of carbonyl (C=O) groups is 2. The first-order valence-corrected chi connectivity index (χ1v) is 6.65. The molecule has 0 aromatic carbocycles. The molecule has 0 unspecified atom stereocenters. The topological polar surface area (TPSA) is 63.6 Å². The highest BCUT2D eigenvalue weighted by Gasteiger charge is 2.36. The third-order valence-electron chi connectivity index (χ3n) is 2.66. The molecule has 19 heavy (non-hydrogen) atoms. The van der Waals surface area contributed by atoms with Crippen LogP contribution in [-0.2, 0) is 14.3 Å². The molecule has 0 heterocycles. The van der Waals surface area contributed by atoms with E-state index in [4.69, 9.17) is 4.74 Å². The van der Waals surface area contributed by atoms with Crippen molar-refractivity contribution in [3.05, 3.63) is 12.7 Å². The number of rotatable bonds is 7. The third kappa shape index (κ3) is 6.99. The molecule has 0 saturated heterocycles. The Morgan fingerprint density at radius 3 is 2.11 bits per heavy atom. The molecule has 1 N–H and O–H groups in total. The highest BCUT2D eigenvalue weighted by atomic mass is 16.6. The van der Waals surface area contributed by atoms with Crippen molar-refractivity contribution in [1.29, 1.82) is 0 Å². The molecule has 0 aliphatic carbocycles. The van der Waals surface area contributed by atoms with Crippen LogP contribution in [0, 0.1) is 17.8 Å². The van der Waals surface area contributed by atoms with Crippen molar-refractivity contribution in [2.45, 2.75) is 53.1 Å². The average Bonchev–Trinajstić information content (AvgIpc) is 2.19. The van der Waals surface area contributed by atoms with Gasteiger partial charge in [-0.15, -0.1) is 6.58 Å².